The Kier molecular flexibility index (Phi) is 7.97. The predicted octanol–water partition coefficient (Wildman–Crippen LogP) is 3.59. The highest BCUT2D eigenvalue weighted by atomic mass is 32.2. The van der Waals surface area contributed by atoms with Gasteiger partial charge >= 0.3 is 5.97 Å². The molecular weight excluding hydrogens is 461 g/mol. The Balaban J connectivity index is 2.34. The molecule has 1 atom stereocenters. The third-order valence-electron chi connectivity index (χ3n) is 3.82. The van der Waals surface area contributed by atoms with E-state index in [1.165, 1.54) is 20.8 Å². The van der Waals surface area contributed by atoms with Gasteiger partial charge in [0.1, 0.15) is 11.6 Å². The van der Waals surface area contributed by atoms with Crippen molar-refractivity contribution >= 4 is 16.0 Å². The highest BCUT2D eigenvalue weighted by Gasteiger charge is 2.37. The van der Waals surface area contributed by atoms with Gasteiger partial charge in [-0.3, -0.25) is 4.79 Å². The molecule has 2 rings (SSSR count). The van der Waals surface area contributed by atoms with Crippen molar-refractivity contribution in [1.29, 1.82) is 0 Å². The molecule has 0 saturated carbocycles. The lowest BCUT2D eigenvalue weighted by Gasteiger charge is -2.24. The van der Waals surface area contributed by atoms with Gasteiger partial charge in [0.15, 0.2) is 28.2 Å². The molecule has 0 aliphatic heterocycles. The Labute approximate surface area is 181 Å². The Bertz CT molecular complexity index is 1060. The summed E-state index contributed by atoms with van der Waals surface area (Å²) < 4.78 is 105. The number of hydrogen-bond donors (Lipinski definition) is 1. The van der Waals surface area contributed by atoms with Crippen LogP contribution >= 0.6 is 0 Å². The molecule has 0 heterocycles. The summed E-state index contributed by atoms with van der Waals surface area (Å²) >= 11 is 0. The third kappa shape index (κ3) is 6.24. The normalized spacial score (nSPS) is 13.1. The lowest BCUT2D eigenvalue weighted by atomic mass is 10.2. The maximum absolute atomic E-state index is 14.0. The van der Waals surface area contributed by atoms with Crippen LogP contribution in [0.3, 0.4) is 0 Å². The number of carbonyl (C=O) groups excluding carboxylic acids is 1. The number of ether oxygens (including phenoxy) is 2. The van der Waals surface area contributed by atoms with Crippen LogP contribution < -0.4 is 4.72 Å². The van der Waals surface area contributed by atoms with E-state index in [-0.39, 0.29) is 6.61 Å². The molecular formula is C20H20F5NO5S. The first-order chi connectivity index (χ1) is 14.7. The van der Waals surface area contributed by atoms with Crippen molar-refractivity contribution in [1.82, 2.24) is 4.72 Å². The highest BCUT2D eigenvalue weighted by molar-refractivity contribution is 7.89. The molecule has 0 spiro atoms. The molecule has 0 aliphatic rings. The van der Waals surface area contributed by atoms with Crippen molar-refractivity contribution in [3.8, 4) is 0 Å². The van der Waals surface area contributed by atoms with Crippen LogP contribution in [0.2, 0.25) is 0 Å². The van der Waals surface area contributed by atoms with E-state index in [2.05, 4.69) is 0 Å². The van der Waals surface area contributed by atoms with Gasteiger partial charge in [0.25, 0.3) is 0 Å². The predicted molar refractivity (Wildman–Crippen MR) is 102 cm³/mol. The molecule has 0 radical (unpaired) electrons. The zero-order chi connectivity index (χ0) is 24.3. The van der Waals surface area contributed by atoms with Gasteiger partial charge in [0.2, 0.25) is 15.8 Å². The maximum Gasteiger partial charge on any atom is 0.327 e. The van der Waals surface area contributed by atoms with Crippen molar-refractivity contribution in [2.75, 3.05) is 6.61 Å². The number of hydrogen-bond acceptors (Lipinski definition) is 5. The van der Waals surface area contributed by atoms with Crippen LogP contribution in [0.25, 0.3) is 0 Å². The van der Waals surface area contributed by atoms with Gasteiger partial charge in [-0.2, -0.15) is 4.72 Å². The second-order valence-electron chi connectivity index (χ2n) is 7.61. The summed E-state index contributed by atoms with van der Waals surface area (Å²) in [6.45, 7) is 3.71. The van der Waals surface area contributed by atoms with Gasteiger partial charge < -0.3 is 9.47 Å². The number of nitrogens with one attached hydrogen (secondary N) is 1. The quantitative estimate of drug-likeness (QED) is 0.270. The lowest BCUT2D eigenvalue weighted by Crippen LogP contribution is -2.47. The van der Waals surface area contributed by atoms with E-state index in [0.29, 0.717) is 5.56 Å². The molecule has 32 heavy (non-hydrogen) atoms. The summed E-state index contributed by atoms with van der Waals surface area (Å²) in [5, 5.41) is 0. The average molecular weight is 481 g/mol. The maximum atomic E-state index is 14.0. The van der Waals surface area contributed by atoms with Gasteiger partial charge in [0, 0.05) is 0 Å². The third-order valence-corrected chi connectivity index (χ3v) is 5.31. The number of benzene rings is 2. The van der Waals surface area contributed by atoms with E-state index < -0.39 is 68.2 Å². The van der Waals surface area contributed by atoms with E-state index in [1.807, 2.05) is 0 Å². The van der Waals surface area contributed by atoms with Gasteiger partial charge in [-0.05, 0) is 26.3 Å². The van der Waals surface area contributed by atoms with Crippen molar-refractivity contribution in [3.63, 3.8) is 0 Å². The van der Waals surface area contributed by atoms with Crippen molar-refractivity contribution in [3.05, 3.63) is 65.0 Å². The summed E-state index contributed by atoms with van der Waals surface area (Å²) in [7, 11) is -5.41. The summed E-state index contributed by atoms with van der Waals surface area (Å²) in [6.07, 6.45) is 0. The van der Waals surface area contributed by atoms with Crippen LogP contribution in [0.15, 0.2) is 35.2 Å². The first-order valence-corrected chi connectivity index (χ1v) is 10.6. The average Bonchev–Trinajstić information content (AvgIpc) is 2.69. The fraction of sp³-hybridized carbons (Fsp3) is 0.350. The number of rotatable bonds is 8. The molecule has 12 heteroatoms. The minimum atomic E-state index is -5.41. The molecule has 6 nitrogen and oxygen atoms in total. The smallest absolute Gasteiger partial charge is 0.327 e. The fourth-order valence-electron chi connectivity index (χ4n) is 2.46. The fourth-order valence-corrected chi connectivity index (χ4v) is 3.77. The van der Waals surface area contributed by atoms with E-state index >= 15 is 0 Å². The van der Waals surface area contributed by atoms with E-state index in [9.17, 15) is 35.2 Å². The van der Waals surface area contributed by atoms with Gasteiger partial charge in [-0.25, -0.2) is 30.4 Å². The van der Waals surface area contributed by atoms with Gasteiger partial charge in [0.05, 0.1) is 13.2 Å². The molecule has 0 bridgehead atoms. The molecule has 2 aromatic rings. The number of sulfonamides is 1. The molecule has 1 N–H and O–H groups in total. The van der Waals surface area contributed by atoms with Crippen LogP contribution in [-0.2, 0) is 30.9 Å². The standard InChI is InChI=1S/C20H20F5NO5S/c1-20(2,3)31-19(27)12(10-30-9-11-7-5-4-6-8-11)26-32(28,29)18-16(24)14(22)13(21)15(23)17(18)25/h4-8,12,26H,9-10H2,1-3H3/t12-/m0/s1. The molecule has 0 fully saturated rings. The zero-order valence-corrected chi connectivity index (χ0v) is 18.0. The molecule has 2 aromatic carbocycles. The van der Waals surface area contributed by atoms with Crippen molar-refractivity contribution in [2.45, 2.75) is 43.9 Å². The van der Waals surface area contributed by atoms with E-state index in [1.54, 1.807) is 35.1 Å². The van der Waals surface area contributed by atoms with Crippen molar-refractivity contribution < 1.29 is 44.6 Å². The summed E-state index contributed by atoms with van der Waals surface area (Å²) in [5.74, 6) is -13.7. The molecule has 0 aliphatic carbocycles. The number of halogens is 5. The second kappa shape index (κ2) is 9.92. The molecule has 0 saturated heterocycles. The van der Waals surface area contributed by atoms with E-state index in [0.717, 1.165) is 0 Å². The Morgan fingerprint density at radius 3 is 1.94 bits per heavy atom. The lowest BCUT2D eigenvalue weighted by molar-refractivity contribution is -0.158. The Morgan fingerprint density at radius 2 is 1.44 bits per heavy atom. The first kappa shape index (κ1) is 25.7. The second-order valence-corrected chi connectivity index (χ2v) is 9.26. The van der Waals surface area contributed by atoms with Crippen LogP contribution in [-0.4, -0.2) is 32.6 Å². The van der Waals surface area contributed by atoms with Crippen LogP contribution in [0, 0.1) is 29.1 Å². The van der Waals surface area contributed by atoms with Gasteiger partial charge in [-0.15, -0.1) is 0 Å². The van der Waals surface area contributed by atoms with Crippen LogP contribution in [0.4, 0.5) is 22.0 Å². The topological polar surface area (TPSA) is 81.7 Å². The molecule has 0 amide bonds. The number of carbonyl (C=O) groups is 1. The number of esters is 1. The molecule has 176 valence electrons. The molecule has 0 aromatic heterocycles. The summed E-state index contributed by atoms with van der Waals surface area (Å²) in [4.78, 5) is 10.3. The SMILES string of the molecule is CC(C)(C)OC(=O)[C@H](COCc1ccccc1)NS(=O)(=O)c1c(F)c(F)c(F)c(F)c1F. The largest absolute Gasteiger partial charge is 0.459 e. The van der Waals surface area contributed by atoms with E-state index in [4.69, 9.17) is 9.47 Å². The van der Waals surface area contributed by atoms with Crippen LogP contribution in [0.1, 0.15) is 26.3 Å². The van der Waals surface area contributed by atoms with Crippen LogP contribution in [0.5, 0.6) is 0 Å². The first-order valence-electron chi connectivity index (χ1n) is 9.13. The molecule has 0 unspecified atom stereocenters. The highest BCUT2D eigenvalue weighted by Crippen LogP contribution is 2.27. The minimum absolute atomic E-state index is 0.0651. The zero-order valence-electron chi connectivity index (χ0n) is 17.2. The Hall–Kier alpha value is -2.57. The minimum Gasteiger partial charge on any atom is -0.459 e. The summed E-state index contributed by atoms with van der Waals surface area (Å²) in [6, 6.07) is 6.66. The monoisotopic (exact) mass is 481 g/mol. The summed E-state index contributed by atoms with van der Waals surface area (Å²) in [5.41, 5.74) is -0.414. The van der Waals surface area contributed by atoms with Gasteiger partial charge in [-0.1, -0.05) is 30.3 Å². The Morgan fingerprint density at radius 1 is 0.938 bits per heavy atom. The van der Waals surface area contributed by atoms with Crippen molar-refractivity contribution in [2.24, 2.45) is 0 Å².